The molecule has 0 heterocycles. The first-order valence-corrected chi connectivity index (χ1v) is 8.18. The van der Waals surface area contributed by atoms with Crippen molar-refractivity contribution in [2.45, 2.75) is 39.8 Å². The van der Waals surface area contributed by atoms with Gasteiger partial charge in [-0.3, -0.25) is 0 Å². The number of ether oxygens (including phenoxy) is 3. The number of methoxy groups -OCH3 is 1. The number of hydrogen-bond donors (Lipinski definition) is 1. The third-order valence-electron chi connectivity index (χ3n) is 2.83. The molecule has 0 atom stereocenters. The minimum absolute atomic E-state index is 0.446. The highest BCUT2D eigenvalue weighted by Crippen LogP contribution is 2.36. The molecule has 0 aliphatic heterocycles. The Morgan fingerprint density at radius 2 is 1.95 bits per heavy atom. The molecule has 1 aromatic carbocycles. The smallest absolute Gasteiger partial charge is 0.175 e. The van der Waals surface area contributed by atoms with Crippen LogP contribution in [0.4, 0.5) is 0 Å². The first kappa shape index (κ1) is 18.3. The third-order valence-corrected chi connectivity index (χ3v) is 3.42. The highest BCUT2D eigenvalue weighted by Gasteiger charge is 2.12. The molecule has 0 aliphatic carbocycles. The van der Waals surface area contributed by atoms with Crippen LogP contribution in [0.3, 0.4) is 0 Å². The van der Waals surface area contributed by atoms with Crippen molar-refractivity contribution < 1.29 is 14.2 Å². The SMILES string of the molecule is CCCOCCOc1c(Br)cc(CNC(C)C)cc1OC. The van der Waals surface area contributed by atoms with Crippen LogP contribution in [0.5, 0.6) is 11.5 Å². The molecule has 0 saturated carbocycles. The molecular weight excluding hydrogens is 334 g/mol. The van der Waals surface area contributed by atoms with Gasteiger partial charge in [-0.1, -0.05) is 20.8 Å². The van der Waals surface area contributed by atoms with Crippen LogP contribution in [0.15, 0.2) is 16.6 Å². The van der Waals surface area contributed by atoms with Crippen molar-refractivity contribution in [2.75, 3.05) is 26.9 Å². The standard InChI is InChI=1S/C16H26BrNO3/c1-5-6-20-7-8-21-16-14(17)9-13(10-15(16)19-4)11-18-12(2)3/h9-10,12,18H,5-8,11H2,1-4H3. The number of hydrogen-bond acceptors (Lipinski definition) is 4. The minimum Gasteiger partial charge on any atom is -0.493 e. The van der Waals surface area contributed by atoms with Crippen LogP contribution in [0.25, 0.3) is 0 Å². The molecule has 0 aliphatic rings. The van der Waals surface area contributed by atoms with E-state index in [1.165, 1.54) is 0 Å². The third kappa shape index (κ3) is 6.68. The Balaban J connectivity index is 2.66. The van der Waals surface area contributed by atoms with E-state index in [1.807, 2.05) is 6.07 Å². The lowest BCUT2D eigenvalue weighted by molar-refractivity contribution is 0.0992. The van der Waals surface area contributed by atoms with Crippen molar-refractivity contribution in [3.8, 4) is 11.5 Å². The fourth-order valence-corrected chi connectivity index (χ4v) is 2.39. The summed E-state index contributed by atoms with van der Waals surface area (Å²) >= 11 is 3.56. The summed E-state index contributed by atoms with van der Waals surface area (Å²) in [6.45, 7) is 9.00. The van der Waals surface area contributed by atoms with Gasteiger partial charge in [0, 0.05) is 19.2 Å². The minimum atomic E-state index is 0.446. The largest absolute Gasteiger partial charge is 0.493 e. The Morgan fingerprint density at radius 1 is 1.19 bits per heavy atom. The average molecular weight is 360 g/mol. The second kappa shape index (κ2) is 10.0. The van der Waals surface area contributed by atoms with E-state index in [0.717, 1.165) is 41.1 Å². The van der Waals surface area contributed by atoms with Gasteiger partial charge in [0.1, 0.15) is 6.61 Å². The molecule has 0 aromatic heterocycles. The summed E-state index contributed by atoms with van der Waals surface area (Å²) in [5, 5.41) is 3.39. The van der Waals surface area contributed by atoms with Gasteiger partial charge >= 0.3 is 0 Å². The van der Waals surface area contributed by atoms with E-state index in [-0.39, 0.29) is 0 Å². The number of nitrogens with one attached hydrogen (secondary N) is 1. The maximum atomic E-state index is 5.77. The second-order valence-corrected chi connectivity index (χ2v) is 5.96. The van der Waals surface area contributed by atoms with Crippen LogP contribution >= 0.6 is 15.9 Å². The molecule has 5 heteroatoms. The highest BCUT2D eigenvalue weighted by molar-refractivity contribution is 9.10. The topological polar surface area (TPSA) is 39.7 Å². The Bertz CT molecular complexity index is 424. The molecule has 1 aromatic rings. The quantitative estimate of drug-likeness (QED) is 0.645. The zero-order chi connectivity index (χ0) is 15.7. The average Bonchev–Trinajstić information content (AvgIpc) is 2.46. The van der Waals surface area contributed by atoms with Crippen LogP contribution in [0, 0.1) is 0 Å². The van der Waals surface area contributed by atoms with Gasteiger partial charge < -0.3 is 19.5 Å². The molecule has 1 rings (SSSR count). The van der Waals surface area contributed by atoms with E-state index >= 15 is 0 Å². The van der Waals surface area contributed by atoms with E-state index in [0.29, 0.717) is 19.3 Å². The molecule has 0 spiro atoms. The van der Waals surface area contributed by atoms with E-state index in [4.69, 9.17) is 14.2 Å². The molecular formula is C16H26BrNO3. The molecule has 0 radical (unpaired) electrons. The van der Waals surface area contributed by atoms with Gasteiger partial charge in [0.05, 0.1) is 18.2 Å². The van der Waals surface area contributed by atoms with Gasteiger partial charge in [-0.05, 0) is 40.0 Å². The Hall–Kier alpha value is -0.780. The molecule has 21 heavy (non-hydrogen) atoms. The summed E-state index contributed by atoms with van der Waals surface area (Å²) in [5.41, 5.74) is 1.15. The fourth-order valence-electron chi connectivity index (χ4n) is 1.79. The second-order valence-electron chi connectivity index (χ2n) is 5.11. The maximum absolute atomic E-state index is 5.77. The van der Waals surface area contributed by atoms with Gasteiger partial charge in [0.25, 0.3) is 0 Å². The summed E-state index contributed by atoms with van der Waals surface area (Å²) in [7, 11) is 1.65. The zero-order valence-corrected chi connectivity index (χ0v) is 15.0. The predicted octanol–water partition coefficient (Wildman–Crippen LogP) is 3.76. The van der Waals surface area contributed by atoms with Crippen molar-refractivity contribution in [1.29, 1.82) is 0 Å². The lowest BCUT2D eigenvalue weighted by Gasteiger charge is -2.15. The molecule has 0 unspecified atom stereocenters. The van der Waals surface area contributed by atoms with Gasteiger partial charge in [0.2, 0.25) is 0 Å². The van der Waals surface area contributed by atoms with Crippen LogP contribution in [-0.2, 0) is 11.3 Å². The monoisotopic (exact) mass is 359 g/mol. The van der Waals surface area contributed by atoms with E-state index in [1.54, 1.807) is 7.11 Å². The summed E-state index contributed by atoms with van der Waals surface area (Å²) in [6.07, 6.45) is 1.02. The van der Waals surface area contributed by atoms with Gasteiger partial charge in [0.15, 0.2) is 11.5 Å². The van der Waals surface area contributed by atoms with Gasteiger partial charge in [-0.25, -0.2) is 0 Å². The molecule has 0 amide bonds. The Morgan fingerprint density at radius 3 is 2.57 bits per heavy atom. The first-order chi connectivity index (χ1) is 10.1. The zero-order valence-electron chi connectivity index (χ0n) is 13.4. The summed E-state index contributed by atoms with van der Waals surface area (Å²) < 4.78 is 17.5. The predicted molar refractivity (Wildman–Crippen MR) is 89.3 cm³/mol. The number of halogens is 1. The normalized spacial score (nSPS) is 11.0. The lowest BCUT2D eigenvalue weighted by atomic mass is 10.2. The molecule has 0 saturated heterocycles. The van der Waals surface area contributed by atoms with Gasteiger partial charge in [-0.2, -0.15) is 0 Å². The summed E-state index contributed by atoms with van der Waals surface area (Å²) in [5.74, 6) is 1.46. The first-order valence-electron chi connectivity index (χ1n) is 7.38. The van der Waals surface area contributed by atoms with E-state index in [9.17, 15) is 0 Å². The molecule has 4 nitrogen and oxygen atoms in total. The van der Waals surface area contributed by atoms with Crippen LogP contribution in [0.2, 0.25) is 0 Å². The summed E-state index contributed by atoms with van der Waals surface area (Å²) in [6, 6.07) is 4.50. The van der Waals surface area contributed by atoms with E-state index in [2.05, 4.69) is 48.1 Å². The van der Waals surface area contributed by atoms with Crippen molar-refractivity contribution >= 4 is 15.9 Å². The van der Waals surface area contributed by atoms with Crippen LogP contribution < -0.4 is 14.8 Å². The fraction of sp³-hybridized carbons (Fsp3) is 0.625. The molecule has 1 N–H and O–H groups in total. The van der Waals surface area contributed by atoms with Crippen molar-refractivity contribution in [2.24, 2.45) is 0 Å². The Kier molecular flexibility index (Phi) is 8.73. The highest BCUT2D eigenvalue weighted by atomic mass is 79.9. The molecule has 120 valence electrons. The van der Waals surface area contributed by atoms with Crippen molar-refractivity contribution in [3.63, 3.8) is 0 Å². The molecule has 0 fully saturated rings. The summed E-state index contributed by atoms with van der Waals surface area (Å²) in [4.78, 5) is 0. The van der Waals surface area contributed by atoms with E-state index < -0.39 is 0 Å². The van der Waals surface area contributed by atoms with Crippen LogP contribution in [-0.4, -0.2) is 33.0 Å². The molecule has 0 bridgehead atoms. The van der Waals surface area contributed by atoms with Crippen molar-refractivity contribution in [3.05, 3.63) is 22.2 Å². The van der Waals surface area contributed by atoms with Crippen LogP contribution in [0.1, 0.15) is 32.8 Å². The maximum Gasteiger partial charge on any atom is 0.175 e. The lowest BCUT2D eigenvalue weighted by Crippen LogP contribution is -2.21. The number of rotatable bonds is 10. The Labute approximate surface area is 136 Å². The van der Waals surface area contributed by atoms with Gasteiger partial charge in [-0.15, -0.1) is 0 Å². The van der Waals surface area contributed by atoms with Crippen molar-refractivity contribution in [1.82, 2.24) is 5.32 Å². The number of benzene rings is 1.